The Labute approximate surface area is 176 Å². The summed E-state index contributed by atoms with van der Waals surface area (Å²) >= 11 is 0. The first-order valence-electron chi connectivity index (χ1n) is 9.50. The van der Waals surface area contributed by atoms with E-state index < -0.39 is 18.4 Å². The highest BCUT2D eigenvalue weighted by Gasteiger charge is 2.25. The average molecular weight is 410 g/mol. The zero-order valence-corrected chi connectivity index (χ0v) is 17.8. The van der Waals surface area contributed by atoms with Crippen molar-refractivity contribution in [2.24, 2.45) is 0 Å². The molecule has 1 aromatic heterocycles. The molecule has 0 aliphatic heterocycles. The minimum atomic E-state index is -1.20. The molecule has 1 aromatic carbocycles. The number of hydrogen-bond acceptors (Lipinski definition) is 5. The molecule has 0 bridgehead atoms. The molecule has 2 aromatic rings. The van der Waals surface area contributed by atoms with E-state index in [2.05, 4.69) is 15.1 Å². The number of carbonyl (C=O) groups is 2. The third kappa shape index (κ3) is 5.95. The van der Waals surface area contributed by atoms with Crippen LogP contribution in [0.25, 0.3) is 4.85 Å². The first-order chi connectivity index (χ1) is 14.2. The maximum atomic E-state index is 12.7. The lowest BCUT2D eigenvalue weighted by atomic mass is 10.1. The third-order valence-electron chi connectivity index (χ3n) is 4.26. The van der Waals surface area contributed by atoms with E-state index in [1.165, 1.54) is 31.3 Å². The summed E-state index contributed by atoms with van der Waals surface area (Å²) in [4.78, 5) is 33.1. The van der Waals surface area contributed by atoms with E-state index in [-0.39, 0.29) is 11.6 Å². The lowest BCUT2D eigenvalue weighted by molar-refractivity contribution is -0.122. The van der Waals surface area contributed by atoms with Crippen LogP contribution < -0.4 is 10.1 Å². The summed E-state index contributed by atoms with van der Waals surface area (Å²) in [7, 11) is 3.04. The van der Waals surface area contributed by atoms with E-state index in [1.54, 1.807) is 6.07 Å². The molecule has 2 unspecified atom stereocenters. The van der Waals surface area contributed by atoms with Crippen molar-refractivity contribution in [2.75, 3.05) is 19.4 Å². The predicted molar refractivity (Wildman–Crippen MR) is 113 cm³/mol. The van der Waals surface area contributed by atoms with Gasteiger partial charge >= 0.3 is 12.3 Å². The van der Waals surface area contributed by atoms with E-state index in [0.29, 0.717) is 17.9 Å². The van der Waals surface area contributed by atoms with Crippen LogP contribution in [0.3, 0.4) is 0 Å². The Morgan fingerprint density at radius 3 is 2.57 bits per heavy atom. The van der Waals surface area contributed by atoms with Gasteiger partial charge in [0.25, 0.3) is 5.91 Å². The lowest BCUT2D eigenvalue weighted by Crippen LogP contribution is -2.32. The molecule has 2 rings (SSSR count). The molecular formula is C22H26N4O4. The number of hydrogen-bond donors (Lipinski definition) is 1. The summed E-state index contributed by atoms with van der Waals surface area (Å²) in [6, 6.07) is 8.88. The van der Waals surface area contributed by atoms with Crippen LogP contribution >= 0.6 is 0 Å². The average Bonchev–Trinajstić information content (AvgIpc) is 2.71. The molecule has 8 heteroatoms. The highest BCUT2D eigenvalue weighted by atomic mass is 16.6. The zero-order valence-electron chi connectivity index (χ0n) is 17.8. The van der Waals surface area contributed by atoms with Gasteiger partial charge in [-0.05, 0) is 44.0 Å². The molecule has 0 fully saturated rings. The molecule has 1 heterocycles. The van der Waals surface area contributed by atoms with Gasteiger partial charge in [-0.2, -0.15) is 0 Å². The normalized spacial score (nSPS) is 12.3. The Kier molecular flexibility index (Phi) is 7.76. The van der Waals surface area contributed by atoms with E-state index >= 15 is 0 Å². The molecule has 0 radical (unpaired) electrons. The number of aryl methyl sites for hydroxylation is 2. The summed E-state index contributed by atoms with van der Waals surface area (Å²) in [5.41, 5.74) is 2.73. The number of carbonyl (C=O) groups excluding carboxylic acids is 2. The maximum absolute atomic E-state index is 12.7. The Balaban J connectivity index is 2.12. The summed E-state index contributed by atoms with van der Waals surface area (Å²) in [6.07, 6.45) is -0.627. The van der Waals surface area contributed by atoms with Crippen LogP contribution in [0.4, 0.5) is 10.5 Å². The van der Waals surface area contributed by atoms with Crippen molar-refractivity contribution < 1.29 is 19.1 Å². The van der Waals surface area contributed by atoms with Crippen molar-refractivity contribution in [3.63, 3.8) is 0 Å². The molecule has 0 aliphatic rings. The second-order valence-electron chi connectivity index (χ2n) is 7.00. The minimum absolute atomic E-state index is 0.223. The lowest BCUT2D eigenvalue weighted by Gasteiger charge is -2.19. The van der Waals surface area contributed by atoms with Gasteiger partial charge in [-0.3, -0.25) is 9.64 Å². The van der Waals surface area contributed by atoms with E-state index in [0.717, 1.165) is 11.1 Å². The van der Waals surface area contributed by atoms with Crippen LogP contribution in [0.1, 0.15) is 36.4 Å². The van der Waals surface area contributed by atoms with Crippen LogP contribution in [-0.2, 0) is 9.53 Å². The van der Waals surface area contributed by atoms with E-state index in [4.69, 9.17) is 16.0 Å². The van der Waals surface area contributed by atoms with Crippen LogP contribution in [-0.4, -0.2) is 42.1 Å². The number of nitrogens with zero attached hydrogens (tertiary/aromatic N) is 3. The molecule has 0 saturated carbocycles. The number of anilines is 1. The van der Waals surface area contributed by atoms with Gasteiger partial charge in [0.05, 0.1) is 0 Å². The fourth-order valence-electron chi connectivity index (χ4n) is 2.64. The van der Waals surface area contributed by atoms with Gasteiger partial charge in [0.1, 0.15) is 5.75 Å². The number of amides is 2. The number of pyridine rings is 1. The molecule has 158 valence electrons. The number of aromatic nitrogens is 1. The largest absolute Gasteiger partial charge is 0.480 e. The second-order valence-corrected chi connectivity index (χ2v) is 7.00. The molecule has 2 atom stereocenters. The third-order valence-corrected chi connectivity index (χ3v) is 4.26. The number of ether oxygens (including phenoxy) is 2. The Morgan fingerprint density at radius 2 is 1.97 bits per heavy atom. The fourth-order valence-corrected chi connectivity index (χ4v) is 2.64. The standard InChI is InChI=1S/C22H26N4O4/c1-7-18(29-19-9-8-14(2)12-15(19)3)20(27)25-16-10-11-24-17(13-16)21(23-4)30-22(28)26(5)6/h8-13,18,21H,7H2,1-3,5-6H3,(H,24,25,27). The molecule has 1 N–H and O–H groups in total. The number of rotatable bonds is 7. The van der Waals surface area contributed by atoms with Gasteiger partial charge in [-0.25, -0.2) is 16.4 Å². The van der Waals surface area contributed by atoms with Gasteiger partial charge in [0.2, 0.25) is 0 Å². The number of nitrogens with one attached hydrogen (secondary N) is 1. The molecule has 30 heavy (non-hydrogen) atoms. The highest BCUT2D eigenvalue weighted by molar-refractivity contribution is 5.94. The summed E-state index contributed by atoms with van der Waals surface area (Å²) in [5, 5.41) is 2.78. The maximum Gasteiger partial charge on any atom is 0.415 e. The first kappa shape index (κ1) is 22.7. The second kappa shape index (κ2) is 10.3. The van der Waals surface area contributed by atoms with Gasteiger partial charge in [-0.1, -0.05) is 24.6 Å². The summed E-state index contributed by atoms with van der Waals surface area (Å²) in [6.45, 7) is 13.1. The van der Waals surface area contributed by atoms with Crippen LogP contribution in [0.2, 0.25) is 0 Å². The number of benzene rings is 1. The van der Waals surface area contributed by atoms with Crippen molar-refractivity contribution in [1.82, 2.24) is 9.88 Å². The Morgan fingerprint density at radius 1 is 1.23 bits per heavy atom. The molecular weight excluding hydrogens is 384 g/mol. The summed E-state index contributed by atoms with van der Waals surface area (Å²) in [5.74, 6) is 0.334. The van der Waals surface area contributed by atoms with Crippen molar-refractivity contribution in [3.05, 3.63) is 64.8 Å². The summed E-state index contributed by atoms with van der Waals surface area (Å²) < 4.78 is 11.0. The van der Waals surface area contributed by atoms with Crippen molar-refractivity contribution in [3.8, 4) is 5.75 Å². The quantitative estimate of drug-likeness (QED) is 0.695. The van der Waals surface area contributed by atoms with Crippen LogP contribution in [0, 0.1) is 20.4 Å². The monoisotopic (exact) mass is 410 g/mol. The Hall–Kier alpha value is -3.60. The first-order valence-corrected chi connectivity index (χ1v) is 9.50. The van der Waals surface area contributed by atoms with Crippen LogP contribution in [0.15, 0.2) is 36.5 Å². The highest BCUT2D eigenvalue weighted by Crippen LogP contribution is 2.23. The van der Waals surface area contributed by atoms with Crippen LogP contribution in [0.5, 0.6) is 5.75 Å². The van der Waals surface area contributed by atoms with Crippen molar-refractivity contribution >= 4 is 17.7 Å². The molecule has 0 spiro atoms. The SMILES string of the molecule is [C-]#[N+]C(OC(=O)N(C)C)c1cc(NC(=O)C(CC)Oc2ccc(C)cc2C)ccn1. The topological polar surface area (TPSA) is 85.1 Å². The molecule has 8 nitrogen and oxygen atoms in total. The van der Waals surface area contributed by atoms with Gasteiger partial charge < -0.3 is 19.7 Å². The van der Waals surface area contributed by atoms with Gasteiger partial charge in [0, 0.05) is 26.0 Å². The minimum Gasteiger partial charge on any atom is -0.480 e. The fraction of sp³-hybridized carbons (Fsp3) is 0.364. The molecule has 0 saturated heterocycles. The molecule has 0 aliphatic carbocycles. The smallest absolute Gasteiger partial charge is 0.415 e. The van der Waals surface area contributed by atoms with Gasteiger partial charge in [-0.15, -0.1) is 0 Å². The Bertz CT molecular complexity index is 952. The van der Waals surface area contributed by atoms with Gasteiger partial charge in [0.15, 0.2) is 11.8 Å². The van der Waals surface area contributed by atoms with Crippen molar-refractivity contribution in [1.29, 1.82) is 0 Å². The zero-order chi connectivity index (χ0) is 22.3. The van der Waals surface area contributed by atoms with E-state index in [9.17, 15) is 9.59 Å². The van der Waals surface area contributed by atoms with E-state index in [1.807, 2.05) is 39.0 Å². The molecule has 2 amide bonds. The predicted octanol–water partition coefficient (Wildman–Crippen LogP) is 4.11. The van der Waals surface area contributed by atoms with Crippen molar-refractivity contribution in [2.45, 2.75) is 39.5 Å².